The zero-order valence-corrected chi connectivity index (χ0v) is 15.2. The number of ether oxygens (including phenoxy) is 2. The second-order valence-corrected chi connectivity index (χ2v) is 7.81. The summed E-state index contributed by atoms with van der Waals surface area (Å²) in [5.74, 6) is 7.14. The molecule has 0 bridgehead atoms. The summed E-state index contributed by atoms with van der Waals surface area (Å²) >= 11 is 3.34. The van der Waals surface area contributed by atoms with E-state index < -0.39 is 16.2 Å². The van der Waals surface area contributed by atoms with Gasteiger partial charge in [-0.2, -0.15) is 8.42 Å². The van der Waals surface area contributed by atoms with Crippen molar-refractivity contribution in [3.05, 3.63) is 28.7 Å². The van der Waals surface area contributed by atoms with Gasteiger partial charge in [-0.15, -0.1) is 0 Å². The summed E-state index contributed by atoms with van der Waals surface area (Å²) in [4.78, 5) is 0. The van der Waals surface area contributed by atoms with E-state index in [1.807, 2.05) is 12.1 Å². The SMILES string of the molecule is CS(=O)(=O)OC(COCC#CC1CC1)COc1ccc(Br)cc1. The molecule has 0 radical (unpaired) electrons. The van der Waals surface area contributed by atoms with Crippen LogP contribution in [-0.4, -0.2) is 40.6 Å². The quantitative estimate of drug-likeness (QED) is 0.379. The van der Waals surface area contributed by atoms with Gasteiger partial charge in [0.15, 0.2) is 0 Å². The van der Waals surface area contributed by atoms with Gasteiger partial charge in [0, 0.05) is 10.4 Å². The highest BCUT2D eigenvalue weighted by molar-refractivity contribution is 9.10. The Morgan fingerprint density at radius 2 is 1.96 bits per heavy atom. The summed E-state index contributed by atoms with van der Waals surface area (Å²) in [6, 6.07) is 7.24. The van der Waals surface area contributed by atoms with E-state index in [1.54, 1.807) is 12.1 Å². The van der Waals surface area contributed by atoms with Gasteiger partial charge in [0.2, 0.25) is 0 Å². The van der Waals surface area contributed by atoms with Crippen molar-refractivity contribution in [1.29, 1.82) is 0 Å². The normalized spacial score (nSPS) is 15.6. The molecule has 2 rings (SSSR count). The summed E-state index contributed by atoms with van der Waals surface area (Å²) in [5.41, 5.74) is 0. The molecule has 0 N–H and O–H groups in total. The molecule has 0 heterocycles. The Kier molecular flexibility index (Phi) is 6.90. The van der Waals surface area contributed by atoms with Gasteiger partial charge in [-0.3, -0.25) is 4.18 Å². The van der Waals surface area contributed by atoms with Gasteiger partial charge < -0.3 is 9.47 Å². The van der Waals surface area contributed by atoms with Gasteiger partial charge in [0.1, 0.15) is 25.1 Å². The molecule has 126 valence electrons. The smallest absolute Gasteiger partial charge is 0.264 e. The molecule has 1 aliphatic rings. The number of hydrogen-bond donors (Lipinski definition) is 0. The van der Waals surface area contributed by atoms with Crippen LogP contribution in [-0.2, 0) is 19.0 Å². The second-order valence-electron chi connectivity index (χ2n) is 5.30. The van der Waals surface area contributed by atoms with Crippen LogP contribution in [0.3, 0.4) is 0 Å². The lowest BCUT2D eigenvalue weighted by molar-refractivity contribution is 0.0419. The molecule has 0 aliphatic heterocycles. The van der Waals surface area contributed by atoms with Crippen LogP contribution in [0.15, 0.2) is 28.7 Å². The predicted molar refractivity (Wildman–Crippen MR) is 90.7 cm³/mol. The van der Waals surface area contributed by atoms with Crippen LogP contribution in [0.25, 0.3) is 0 Å². The van der Waals surface area contributed by atoms with Crippen LogP contribution in [0.4, 0.5) is 0 Å². The Bertz CT molecular complexity index is 656. The Balaban J connectivity index is 1.80. The molecule has 1 aliphatic carbocycles. The molecule has 1 fully saturated rings. The van der Waals surface area contributed by atoms with E-state index in [0.717, 1.165) is 23.6 Å². The first-order valence-electron chi connectivity index (χ1n) is 7.25. The topological polar surface area (TPSA) is 61.8 Å². The molecule has 23 heavy (non-hydrogen) atoms. The van der Waals surface area contributed by atoms with Crippen LogP contribution in [0.5, 0.6) is 5.75 Å². The largest absolute Gasteiger partial charge is 0.491 e. The Labute approximate surface area is 145 Å². The Morgan fingerprint density at radius 3 is 2.57 bits per heavy atom. The van der Waals surface area contributed by atoms with Gasteiger partial charge >= 0.3 is 0 Å². The molecule has 0 aromatic heterocycles. The molecule has 1 saturated carbocycles. The summed E-state index contributed by atoms with van der Waals surface area (Å²) < 4.78 is 39.5. The van der Waals surface area contributed by atoms with E-state index in [9.17, 15) is 8.42 Å². The van der Waals surface area contributed by atoms with Gasteiger partial charge in [-0.05, 0) is 37.1 Å². The van der Waals surface area contributed by atoms with Gasteiger partial charge in [-0.1, -0.05) is 27.8 Å². The molecule has 1 atom stereocenters. The van der Waals surface area contributed by atoms with Crippen molar-refractivity contribution < 1.29 is 22.1 Å². The number of rotatable bonds is 8. The minimum atomic E-state index is -3.58. The lowest BCUT2D eigenvalue weighted by Gasteiger charge is -2.16. The van der Waals surface area contributed by atoms with E-state index in [-0.39, 0.29) is 19.8 Å². The standard InChI is InChI=1S/C16H19BrO5S/c1-23(18,19)22-16(11-20-10-2-3-13-4-5-13)12-21-15-8-6-14(17)7-9-15/h6-9,13,16H,4-5,10-12H2,1H3. The molecule has 0 saturated heterocycles. The minimum Gasteiger partial charge on any atom is -0.491 e. The zero-order valence-electron chi connectivity index (χ0n) is 12.8. The van der Waals surface area contributed by atoms with Crippen molar-refractivity contribution in [2.24, 2.45) is 5.92 Å². The van der Waals surface area contributed by atoms with Crippen LogP contribution in [0.1, 0.15) is 12.8 Å². The Morgan fingerprint density at radius 1 is 1.26 bits per heavy atom. The van der Waals surface area contributed by atoms with Crippen LogP contribution in [0, 0.1) is 17.8 Å². The third-order valence-electron chi connectivity index (χ3n) is 2.92. The van der Waals surface area contributed by atoms with Crippen LogP contribution < -0.4 is 4.74 Å². The molecular formula is C16H19BrO5S. The first-order valence-corrected chi connectivity index (χ1v) is 9.86. The first kappa shape index (κ1) is 18.3. The average molecular weight is 403 g/mol. The maximum absolute atomic E-state index is 11.3. The van der Waals surface area contributed by atoms with Gasteiger partial charge in [0.05, 0.1) is 12.9 Å². The third kappa shape index (κ3) is 8.37. The fourth-order valence-corrected chi connectivity index (χ4v) is 2.60. The molecule has 5 nitrogen and oxygen atoms in total. The molecule has 1 aromatic rings. The molecule has 0 amide bonds. The van der Waals surface area contributed by atoms with E-state index in [2.05, 4.69) is 27.8 Å². The average Bonchev–Trinajstić information content (AvgIpc) is 3.28. The van der Waals surface area contributed by atoms with E-state index in [4.69, 9.17) is 13.7 Å². The van der Waals surface area contributed by atoms with Crippen molar-refractivity contribution in [1.82, 2.24) is 0 Å². The highest BCUT2D eigenvalue weighted by atomic mass is 79.9. The molecular weight excluding hydrogens is 384 g/mol. The fraction of sp³-hybridized carbons (Fsp3) is 0.500. The molecule has 1 aromatic carbocycles. The minimum absolute atomic E-state index is 0.0742. The third-order valence-corrected chi connectivity index (χ3v) is 4.07. The second kappa shape index (κ2) is 8.69. The van der Waals surface area contributed by atoms with Crippen LogP contribution in [0.2, 0.25) is 0 Å². The highest BCUT2D eigenvalue weighted by Crippen LogP contribution is 2.27. The summed E-state index contributed by atoms with van der Waals surface area (Å²) in [6.45, 7) is 0.437. The van der Waals surface area contributed by atoms with E-state index in [1.165, 1.54) is 0 Å². The summed E-state index contributed by atoms with van der Waals surface area (Å²) in [5, 5.41) is 0. The Hall–Kier alpha value is -1.07. The predicted octanol–water partition coefficient (Wildman–Crippen LogP) is 2.60. The maximum atomic E-state index is 11.3. The van der Waals surface area contributed by atoms with Crippen molar-refractivity contribution in [3.8, 4) is 17.6 Å². The molecule has 1 unspecified atom stereocenters. The van der Waals surface area contributed by atoms with Crippen LogP contribution >= 0.6 is 15.9 Å². The van der Waals surface area contributed by atoms with Gasteiger partial charge in [0.25, 0.3) is 10.1 Å². The first-order chi connectivity index (χ1) is 10.9. The lowest BCUT2D eigenvalue weighted by atomic mass is 10.3. The fourth-order valence-electron chi connectivity index (χ4n) is 1.73. The number of halogens is 1. The zero-order chi connectivity index (χ0) is 16.7. The van der Waals surface area contributed by atoms with E-state index in [0.29, 0.717) is 11.7 Å². The monoisotopic (exact) mass is 402 g/mol. The van der Waals surface area contributed by atoms with Crippen molar-refractivity contribution in [2.45, 2.75) is 18.9 Å². The van der Waals surface area contributed by atoms with Crippen molar-refractivity contribution in [3.63, 3.8) is 0 Å². The number of benzene rings is 1. The highest BCUT2D eigenvalue weighted by Gasteiger charge is 2.18. The number of hydrogen-bond acceptors (Lipinski definition) is 5. The summed E-state index contributed by atoms with van der Waals surface area (Å²) in [6.07, 6.45) is 2.62. The van der Waals surface area contributed by atoms with Gasteiger partial charge in [-0.25, -0.2) is 0 Å². The molecule has 0 spiro atoms. The summed E-state index contributed by atoms with van der Waals surface area (Å²) in [7, 11) is -3.58. The lowest BCUT2D eigenvalue weighted by Crippen LogP contribution is -2.29. The molecule has 7 heteroatoms. The van der Waals surface area contributed by atoms with Crippen molar-refractivity contribution >= 4 is 26.0 Å². The maximum Gasteiger partial charge on any atom is 0.264 e. The van der Waals surface area contributed by atoms with E-state index >= 15 is 0 Å². The van der Waals surface area contributed by atoms with Crippen molar-refractivity contribution in [2.75, 3.05) is 26.1 Å².